The van der Waals surface area contributed by atoms with Crippen LogP contribution in [-0.2, 0) is 6.54 Å². The highest BCUT2D eigenvalue weighted by atomic mass is 32.1. The number of anilines is 1. The lowest BCUT2D eigenvalue weighted by Crippen LogP contribution is -2.01. The number of hydrogen-bond acceptors (Lipinski definition) is 5. The van der Waals surface area contributed by atoms with Crippen LogP contribution in [-0.4, -0.2) is 15.2 Å². The minimum atomic E-state index is 0.753. The Labute approximate surface area is 92.4 Å². The molecule has 0 spiro atoms. The predicted octanol–water partition coefficient (Wildman–Crippen LogP) is 2.16. The Morgan fingerprint density at radius 3 is 2.73 bits per heavy atom. The van der Waals surface area contributed by atoms with Gasteiger partial charge in [0.15, 0.2) is 0 Å². The van der Waals surface area contributed by atoms with Crippen molar-refractivity contribution in [2.45, 2.75) is 20.4 Å². The summed E-state index contributed by atoms with van der Waals surface area (Å²) in [5.74, 6) is 0.798. The van der Waals surface area contributed by atoms with Gasteiger partial charge in [0.1, 0.15) is 5.82 Å². The first-order valence-corrected chi connectivity index (χ1v) is 5.51. The van der Waals surface area contributed by atoms with Crippen molar-refractivity contribution in [2.24, 2.45) is 0 Å². The van der Waals surface area contributed by atoms with Gasteiger partial charge in [0.2, 0.25) is 0 Å². The van der Waals surface area contributed by atoms with E-state index in [1.165, 1.54) is 4.88 Å². The van der Waals surface area contributed by atoms with Crippen LogP contribution < -0.4 is 5.32 Å². The van der Waals surface area contributed by atoms with Crippen molar-refractivity contribution in [1.82, 2.24) is 15.2 Å². The van der Waals surface area contributed by atoms with E-state index in [0.717, 1.165) is 23.1 Å². The van der Waals surface area contributed by atoms with E-state index in [4.69, 9.17) is 0 Å². The SMILES string of the molecule is Cc1ccc(NCc2cnc(C)s2)nn1. The molecule has 4 nitrogen and oxygen atoms in total. The molecule has 0 radical (unpaired) electrons. The summed E-state index contributed by atoms with van der Waals surface area (Å²) in [5, 5.41) is 12.3. The first-order chi connectivity index (χ1) is 7.24. The summed E-state index contributed by atoms with van der Waals surface area (Å²) in [4.78, 5) is 5.39. The summed E-state index contributed by atoms with van der Waals surface area (Å²) in [5.41, 5.74) is 0.925. The number of thiazole rings is 1. The van der Waals surface area contributed by atoms with Crippen LogP contribution in [0.1, 0.15) is 15.6 Å². The average Bonchev–Trinajstić information content (AvgIpc) is 2.64. The van der Waals surface area contributed by atoms with E-state index in [0.29, 0.717) is 0 Å². The highest BCUT2D eigenvalue weighted by molar-refractivity contribution is 7.11. The largest absolute Gasteiger partial charge is 0.364 e. The van der Waals surface area contributed by atoms with E-state index in [-0.39, 0.29) is 0 Å². The van der Waals surface area contributed by atoms with Crippen molar-refractivity contribution in [1.29, 1.82) is 0 Å². The lowest BCUT2D eigenvalue weighted by Gasteiger charge is -2.01. The first kappa shape index (κ1) is 10.0. The smallest absolute Gasteiger partial charge is 0.148 e. The topological polar surface area (TPSA) is 50.7 Å². The highest BCUT2D eigenvalue weighted by Gasteiger charge is 1.98. The Morgan fingerprint density at radius 1 is 1.27 bits per heavy atom. The number of rotatable bonds is 3. The fourth-order valence-electron chi connectivity index (χ4n) is 1.16. The molecule has 0 saturated heterocycles. The van der Waals surface area contributed by atoms with Crippen LogP contribution in [0.4, 0.5) is 5.82 Å². The normalized spacial score (nSPS) is 10.3. The molecule has 5 heteroatoms. The minimum absolute atomic E-state index is 0.753. The molecule has 2 aromatic rings. The molecule has 2 heterocycles. The maximum Gasteiger partial charge on any atom is 0.148 e. The average molecular weight is 220 g/mol. The zero-order valence-corrected chi connectivity index (χ0v) is 9.51. The molecular formula is C10H12N4S. The van der Waals surface area contributed by atoms with Crippen LogP contribution in [0.15, 0.2) is 18.3 Å². The van der Waals surface area contributed by atoms with Gasteiger partial charge in [0.25, 0.3) is 0 Å². The van der Waals surface area contributed by atoms with E-state index >= 15 is 0 Å². The molecule has 1 N–H and O–H groups in total. The molecule has 0 aliphatic rings. The van der Waals surface area contributed by atoms with Gasteiger partial charge in [0.05, 0.1) is 17.2 Å². The van der Waals surface area contributed by atoms with Gasteiger partial charge in [0, 0.05) is 11.1 Å². The van der Waals surface area contributed by atoms with Crippen molar-refractivity contribution in [3.05, 3.63) is 33.9 Å². The van der Waals surface area contributed by atoms with Gasteiger partial charge >= 0.3 is 0 Å². The molecule has 78 valence electrons. The number of hydrogen-bond donors (Lipinski definition) is 1. The van der Waals surface area contributed by atoms with Gasteiger partial charge in [-0.2, -0.15) is 5.10 Å². The molecule has 15 heavy (non-hydrogen) atoms. The van der Waals surface area contributed by atoms with Crippen LogP contribution in [0, 0.1) is 13.8 Å². The van der Waals surface area contributed by atoms with E-state index in [1.807, 2.05) is 32.2 Å². The fraction of sp³-hybridized carbons (Fsp3) is 0.300. The molecule has 2 rings (SSSR count). The third-order valence-corrected chi connectivity index (χ3v) is 2.82. The van der Waals surface area contributed by atoms with E-state index < -0.39 is 0 Å². The van der Waals surface area contributed by atoms with Gasteiger partial charge in [-0.3, -0.25) is 0 Å². The monoisotopic (exact) mass is 220 g/mol. The van der Waals surface area contributed by atoms with Gasteiger partial charge < -0.3 is 5.32 Å². The Bertz CT molecular complexity index is 435. The molecule has 0 atom stereocenters. The second-order valence-corrected chi connectivity index (χ2v) is 4.58. The molecule has 0 amide bonds. The van der Waals surface area contributed by atoms with E-state index in [9.17, 15) is 0 Å². The molecule has 0 bridgehead atoms. The Hall–Kier alpha value is -1.49. The second-order valence-electron chi connectivity index (χ2n) is 3.26. The third kappa shape index (κ3) is 2.73. The molecule has 0 aliphatic carbocycles. The van der Waals surface area contributed by atoms with Crippen molar-refractivity contribution in [3.63, 3.8) is 0 Å². The Morgan fingerprint density at radius 2 is 2.13 bits per heavy atom. The Kier molecular flexibility index (Phi) is 2.91. The lowest BCUT2D eigenvalue weighted by molar-refractivity contribution is 0.965. The van der Waals surface area contributed by atoms with E-state index in [2.05, 4.69) is 20.5 Å². The van der Waals surface area contributed by atoms with Gasteiger partial charge in [-0.15, -0.1) is 16.4 Å². The Balaban J connectivity index is 1.96. The van der Waals surface area contributed by atoms with Gasteiger partial charge in [-0.1, -0.05) is 0 Å². The minimum Gasteiger partial charge on any atom is -0.364 e. The summed E-state index contributed by atoms with van der Waals surface area (Å²) < 4.78 is 0. The maximum atomic E-state index is 4.19. The summed E-state index contributed by atoms with van der Waals surface area (Å²) in [7, 11) is 0. The van der Waals surface area contributed by atoms with Crippen molar-refractivity contribution < 1.29 is 0 Å². The first-order valence-electron chi connectivity index (χ1n) is 4.69. The number of aryl methyl sites for hydroxylation is 2. The van der Waals surface area contributed by atoms with Crippen molar-refractivity contribution in [3.8, 4) is 0 Å². The summed E-state index contributed by atoms with van der Waals surface area (Å²) in [6, 6.07) is 3.86. The number of nitrogens with one attached hydrogen (secondary N) is 1. The van der Waals surface area contributed by atoms with Crippen molar-refractivity contribution in [2.75, 3.05) is 5.32 Å². The molecule has 0 saturated carbocycles. The zero-order valence-electron chi connectivity index (χ0n) is 8.69. The van der Waals surface area contributed by atoms with Crippen LogP contribution in [0.25, 0.3) is 0 Å². The van der Waals surface area contributed by atoms with Gasteiger partial charge in [-0.25, -0.2) is 4.98 Å². The summed E-state index contributed by atoms with van der Waals surface area (Å²) in [6.45, 7) is 4.67. The molecule has 0 fully saturated rings. The number of nitrogens with zero attached hydrogens (tertiary/aromatic N) is 3. The molecule has 0 unspecified atom stereocenters. The van der Waals surface area contributed by atoms with Crippen LogP contribution >= 0.6 is 11.3 Å². The zero-order chi connectivity index (χ0) is 10.7. The molecular weight excluding hydrogens is 208 g/mol. The van der Waals surface area contributed by atoms with Crippen LogP contribution in [0.2, 0.25) is 0 Å². The van der Waals surface area contributed by atoms with E-state index in [1.54, 1.807) is 11.3 Å². The molecule has 2 aromatic heterocycles. The molecule has 0 aliphatic heterocycles. The predicted molar refractivity (Wildman–Crippen MR) is 60.9 cm³/mol. The summed E-state index contributed by atoms with van der Waals surface area (Å²) in [6.07, 6.45) is 1.88. The summed E-state index contributed by atoms with van der Waals surface area (Å²) >= 11 is 1.69. The van der Waals surface area contributed by atoms with Crippen LogP contribution in [0.3, 0.4) is 0 Å². The van der Waals surface area contributed by atoms with Crippen molar-refractivity contribution >= 4 is 17.2 Å². The fourth-order valence-corrected chi connectivity index (χ4v) is 1.89. The highest BCUT2D eigenvalue weighted by Crippen LogP contribution is 2.13. The quantitative estimate of drug-likeness (QED) is 0.861. The van der Waals surface area contributed by atoms with Gasteiger partial charge in [-0.05, 0) is 26.0 Å². The third-order valence-electron chi connectivity index (χ3n) is 1.91. The lowest BCUT2D eigenvalue weighted by atomic mass is 10.4. The maximum absolute atomic E-state index is 4.19. The van der Waals surface area contributed by atoms with Crippen LogP contribution in [0.5, 0.6) is 0 Å². The standard InChI is InChI=1S/C10H12N4S/c1-7-3-4-10(14-13-7)12-6-9-5-11-8(2)15-9/h3-5H,6H2,1-2H3,(H,12,14). The second kappa shape index (κ2) is 4.35. The number of aromatic nitrogens is 3. The molecule has 0 aromatic carbocycles.